The molecule has 3 aromatic rings. The lowest BCUT2D eigenvalue weighted by Crippen LogP contribution is -2.44. The number of anilines is 2. The fourth-order valence-electron chi connectivity index (χ4n) is 3.24. The number of hydrogen-bond donors (Lipinski definition) is 1. The lowest BCUT2D eigenvalue weighted by Gasteiger charge is -2.28. The largest absolute Gasteiger partial charge is 0.452 e. The van der Waals surface area contributed by atoms with Crippen LogP contribution in [-0.2, 0) is 14.3 Å². The minimum absolute atomic E-state index is 0.0364. The molecule has 31 heavy (non-hydrogen) atoms. The van der Waals surface area contributed by atoms with E-state index in [-0.39, 0.29) is 40.1 Å². The van der Waals surface area contributed by atoms with Gasteiger partial charge in [-0.05, 0) is 31.2 Å². The van der Waals surface area contributed by atoms with Crippen LogP contribution in [0.2, 0.25) is 5.02 Å². The van der Waals surface area contributed by atoms with E-state index in [4.69, 9.17) is 20.9 Å². The molecule has 0 fully saturated rings. The number of hydrogen-bond acceptors (Lipinski definition) is 6. The summed E-state index contributed by atoms with van der Waals surface area (Å²) in [4.78, 5) is 38.5. The zero-order chi connectivity index (χ0) is 22.1. The Kier molecular flexibility index (Phi) is 5.43. The standard InChI is InChI=1S/C21H15ClFN3O5/c1-11-18(20(25-31-11)19-12(22)5-4-6-13(19)23)21(29)30-10-17(28)26-9-16(27)24-14-7-2-3-8-15(14)26/h2-8H,9-10H2,1H3,(H,24,27). The van der Waals surface area contributed by atoms with Crippen LogP contribution in [0.5, 0.6) is 0 Å². The van der Waals surface area contributed by atoms with Gasteiger partial charge in [-0.25, -0.2) is 9.18 Å². The van der Waals surface area contributed by atoms with Crippen molar-refractivity contribution in [1.29, 1.82) is 0 Å². The predicted octanol–water partition coefficient (Wildman–Crippen LogP) is 3.58. The highest BCUT2D eigenvalue weighted by atomic mass is 35.5. The Hall–Kier alpha value is -3.72. The quantitative estimate of drug-likeness (QED) is 0.618. The summed E-state index contributed by atoms with van der Waals surface area (Å²) in [6, 6.07) is 10.8. The topological polar surface area (TPSA) is 102 Å². The van der Waals surface area contributed by atoms with Crippen molar-refractivity contribution in [3.05, 3.63) is 64.6 Å². The molecule has 0 spiro atoms. The molecule has 0 bridgehead atoms. The minimum Gasteiger partial charge on any atom is -0.452 e. The molecule has 1 aromatic heterocycles. The van der Waals surface area contributed by atoms with Gasteiger partial charge < -0.3 is 14.6 Å². The van der Waals surface area contributed by atoms with Gasteiger partial charge in [-0.2, -0.15) is 0 Å². The number of aromatic nitrogens is 1. The third-order valence-electron chi connectivity index (χ3n) is 4.66. The van der Waals surface area contributed by atoms with Crippen molar-refractivity contribution in [1.82, 2.24) is 5.16 Å². The number of rotatable bonds is 4. The van der Waals surface area contributed by atoms with E-state index in [0.29, 0.717) is 11.4 Å². The molecule has 0 atom stereocenters. The van der Waals surface area contributed by atoms with Crippen molar-refractivity contribution in [2.45, 2.75) is 6.92 Å². The molecule has 158 valence electrons. The lowest BCUT2D eigenvalue weighted by molar-refractivity contribution is -0.124. The minimum atomic E-state index is -0.934. The van der Waals surface area contributed by atoms with Crippen molar-refractivity contribution in [3.63, 3.8) is 0 Å². The summed E-state index contributed by atoms with van der Waals surface area (Å²) >= 11 is 6.07. The second-order valence-electron chi connectivity index (χ2n) is 6.68. The van der Waals surface area contributed by atoms with Crippen molar-refractivity contribution < 1.29 is 28.0 Å². The molecule has 0 saturated carbocycles. The lowest BCUT2D eigenvalue weighted by atomic mass is 10.1. The summed E-state index contributed by atoms with van der Waals surface area (Å²) in [7, 11) is 0. The van der Waals surface area contributed by atoms with Crippen molar-refractivity contribution in [2.75, 3.05) is 23.4 Å². The number of aryl methyl sites for hydroxylation is 1. The maximum Gasteiger partial charge on any atom is 0.344 e. The molecule has 2 aromatic carbocycles. The summed E-state index contributed by atoms with van der Waals surface area (Å²) < 4.78 is 24.5. The number of carbonyl (C=O) groups is 3. The highest BCUT2D eigenvalue weighted by Crippen LogP contribution is 2.34. The van der Waals surface area contributed by atoms with Gasteiger partial charge in [-0.3, -0.25) is 14.5 Å². The number of ether oxygens (including phenoxy) is 1. The average Bonchev–Trinajstić information content (AvgIpc) is 3.12. The number of para-hydroxylation sites is 2. The van der Waals surface area contributed by atoms with Gasteiger partial charge in [0, 0.05) is 0 Å². The Morgan fingerprint density at radius 1 is 1.26 bits per heavy atom. The van der Waals surface area contributed by atoms with Crippen LogP contribution < -0.4 is 10.2 Å². The second kappa shape index (κ2) is 8.19. The number of nitrogens with one attached hydrogen (secondary N) is 1. The number of fused-ring (bicyclic) bond motifs is 1. The summed E-state index contributed by atoms with van der Waals surface area (Å²) in [5.74, 6) is -2.52. The first-order valence-corrected chi connectivity index (χ1v) is 9.51. The Morgan fingerprint density at radius 2 is 2.03 bits per heavy atom. The first-order valence-electron chi connectivity index (χ1n) is 9.14. The molecule has 0 unspecified atom stereocenters. The van der Waals surface area contributed by atoms with Gasteiger partial charge in [0.05, 0.1) is 22.0 Å². The molecule has 1 N–H and O–H groups in total. The van der Waals surface area contributed by atoms with Gasteiger partial charge in [-0.1, -0.05) is 35.0 Å². The Balaban J connectivity index is 1.55. The molecule has 10 heteroatoms. The van der Waals surface area contributed by atoms with Crippen molar-refractivity contribution >= 4 is 40.8 Å². The molecule has 0 saturated heterocycles. The van der Waals surface area contributed by atoms with Crippen molar-refractivity contribution in [2.24, 2.45) is 0 Å². The van der Waals surface area contributed by atoms with E-state index in [1.807, 2.05) is 0 Å². The van der Waals surface area contributed by atoms with Crippen LogP contribution in [0.4, 0.5) is 15.8 Å². The van der Waals surface area contributed by atoms with E-state index >= 15 is 0 Å². The number of esters is 1. The number of halogens is 2. The van der Waals surface area contributed by atoms with Crippen LogP contribution in [0.25, 0.3) is 11.3 Å². The molecule has 0 radical (unpaired) electrons. The van der Waals surface area contributed by atoms with Gasteiger partial charge in [0.2, 0.25) is 5.91 Å². The van der Waals surface area contributed by atoms with Crippen LogP contribution in [0.15, 0.2) is 47.0 Å². The van der Waals surface area contributed by atoms with E-state index in [9.17, 15) is 18.8 Å². The molecular weight excluding hydrogens is 429 g/mol. The summed E-state index contributed by atoms with van der Waals surface area (Å²) in [6.45, 7) is 0.597. The maximum atomic E-state index is 14.3. The summed E-state index contributed by atoms with van der Waals surface area (Å²) in [6.07, 6.45) is 0. The predicted molar refractivity (Wildman–Crippen MR) is 109 cm³/mol. The zero-order valence-electron chi connectivity index (χ0n) is 16.1. The van der Waals surface area contributed by atoms with E-state index < -0.39 is 24.3 Å². The third-order valence-corrected chi connectivity index (χ3v) is 4.98. The van der Waals surface area contributed by atoms with E-state index in [2.05, 4.69) is 10.5 Å². The summed E-state index contributed by atoms with van der Waals surface area (Å²) in [5.41, 5.74) is 0.589. The average molecular weight is 444 g/mol. The number of amides is 2. The molecule has 1 aliphatic heterocycles. The molecule has 2 heterocycles. The molecule has 8 nitrogen and oxygen atoms in total. The van der Waals surface area contributed by atoms with Gasteiger partial charge in [0.15, 0.2) is 6.61 Å². The monoisotopic (exact) mass is 443 g/mol. The SMILES string of the molecule is Cc1onc(-c2c(F)cccc2Cl)c1C(=O)OCC(=O)N1CC(=O)Nc2ccccc21. The Morgan fingerprint density at radius 3 is 2.81 bits per heavy atom. The second-order valence-corrected chi connectivity index (χ2v) is 7.09. The zero-order valence-corrected chi connectivity index (χ0v) is 16.9. The van der Waals surface area contributed by atoms with E-state index in [0.717, 1.165) is 0 Å². The Bertz CT molecular complexity index is 1190. The summed E-state index contributed by atoms with van der Waals surface area (Å²) in [5, 5.41) is 6.44. The molecular formula is C21H15ClFN3O5. The van der Waals surface area contributed by atoms with Gasteiger partial charge >= 0.3 is 5.97 Å². The molecule has 4 rings (SSSR count). The smallest absolute Gasteiger partial charge is 0.344 e. The molecule has 2 amide bonds. The molecule has 0 aliphatic carbocycles. The third kappa shape index (κ3) is 3.87. The fourth-order valence-corrected chi connectivity index (χ4v) is 3.49. The van der Waals surface area contributed by atoms with Crippen LogP contribution in [0.3, 0.4) is 0 Å². The van der Waals surface area contributed by atoms with E-state index in [1.165, 1.54) is 30.0 Å². The maximum absolute atomic E-state index is 14.3. The Labute approximate surface area is 180 Å². The number of carbonyl (C=O) groups excluding carboxylic acids is 3. The van der Waals surface area contributed by atoms with E-state index in [1.54, 1.807) is 24.3 Å². The van der Waals surface area contributed by atoms with Crippen LogP contribution >= 0.6 is 11.6 Å². The van der Waals surface area contributed by atoms with Gasteiger partial charge in [0.1, 0.15) is 29.4 Å². The number of nitrogens with zero attached hydrogens (tertiary/aromatic N) is 2. The fraction of sp³-hybridized carbons (Fsp3) is 0.143. The van der Waals surface area contributed by atoms with Gasteiger partial charge in [0.25, 0.3) is 5.91 Å². The first kappa shape index (κ1) is 20.5. The van der Waals surface area contributed by atoms with Crippen LogP contribution in [-0.4, -0.2) is 36.1 Å². The van der Waals surface area contributed by atoms with Crippen LogP contribution in [0.1, 0.15) is 16.1 Å². The van der Waals surface area contributed by atoms with Crippen molar-refractivity contribution in [3.8, 4) is 11.3 Å². The highest BCUT2D eigenvalue weighted by molar-refractivity contribution is 6.33. The first-order chi connectivity index (χ1) is 14.9. The van der Waals surface area contributed by atoms with Crippen LogP contribution in [0, 0.1) is 12.7 Å². The molecule has 1 aliphatic rings. The highest BCUT2D eigenvalue weighted by Gasteiger charge is 2.30. The number of benzene rings is 2. The van der Waals surface area contributed by atoms with Gasteiger partial charge in [-0.15, -0.1) is 0 Å². The normalized spacial score (nSPS) is 12.9.